The molecule has 0 bridgehead atoms. The Kier molecular flexibility index (Phi) is 7.78. The molecule has 0 aromatic heterocycles. The molecule has 1 saturated heterocycles. The summed E-state index contributed by atoms with van der Waals surface area (Å²) in [4.78, 5) is 35.3. The van der Waals surface area contributed by atoms with Crippen molar-refractivity contribution in [2.24, 2.45) is 5.92 Å². The summed E-state index contributed by atoms with van der Waals surface area (Å²) in [5.74, 6) is 0.335. The molecule has 174 valence electrons. The molecule has 2 atom stereocenters. The van der Waals surface area contributed by atoms with Crippen LogP contribution in [0.5, 0.6) is 5.75 Å². The van der Waals surface area contributed by atoms with Crippen molar-refractivity contribution >= 4 is 13.5 Å². The second-order valence-corrected chi connectivity index (χ2v) is 10.7. The number of rotatable bonds is 8. The summed E-state index contributed by atoms with van der Waals surface area (Å²) in [7, 11) is -4.36. The average Bonchev–Trinajstić information content (AvgIpc) is 2.74. The van der Waals surface area contributed by atoms with Crippen LogP contribution in [0.4, 0.5) is 0 Å². The molecule has 7 nitrogen and oxygen atoms in total. The Bertz CT molecular complexity index is 964. The van der Waals surface area contributed by atoms with Crippen molar-refractivity contribution in [3.63, 3.8) is 0 Å². The third-order valence-corrected chi connectivity index (χ3v) is 7.35. The molecule has 3 rings (SSSR count). The largest absolute Gasteiger partial charge is 0.508 e. The summed E-state index contributed by atoms with van der Waals surface area (Å²) in [6.45, 7) is 6.77. The van der Waals surface area contributed by atoms with Crippen LogP contribution in [-0.4, -0.2) is 56.5 Å². The molecule has 2 unspecified atom stereocenters. The fourth-order valence-electron chi connectivity index (χ4n) is 4.47. The van der Waals surface area contributed by atoms with Crippen molar-refractivity contribution < 1.29 is 24.3 Å². The van der Waals surface area contributed by atoms with Crippen LogP contribution in [0.1, 0.15) is 37.8 Å². The van der Waals surface area contributed by atoms with Crippen LogP contribution in [0.2, 0.25) is 0 Å². The van der Waals surface area contributed by atoms with Crippen LogP contribution in [0.3, 0.4) is 0 Å². The van der Waals surface area contributed by atoms with E-state index in [2.05, 4.69) is 24.8 Å². The van der Waals surface area contributed by atoms with E-state index in [1.54, 1.807) is 6.07 Å². The Morgan fingerprint density at radius 3 is 2.53 bits per heavy atom. The lowest BCUT2D eigenvalue weighted by atomic mass is 9.68. The van der Waals surface area contributed by atoms with Crippen molar-refractivity contribution in [1.29, 1.82) is 0 Å². The minimum absolute atomic E-state index is 0.0565. The summed E-state index contributed by atoms with van der Waals surface area (Å²) < 4.78 is 11.6. The van der Waals surface area contributed by atoms with Gasteiger partial charge in [0.1, 0.15) is 12.0 Å². The summed E-state index contributed by atoms with van der Waals surface area (Å²) in [6.07, 6.45) is 0.539. The van der Waals surface area contributed by atoms with Crippen molar-refractivity contribution in [2.45, 2.75) is 38.6 Å². The number of hydrogen-bond acceptors (Lipinski definition) is 4. The van der Waals surface area contributed by atoms with Crippen molar-refractivity contribution in [3.8, 4) is 5.75 Å². The molecule has 1 fully saturated rings. The monoisotopic (exact) mass is 460 g/mol. The molecular weight excluding hydrogens is 427 g/mol. The first-order valence-electron chi connectivity index (χ1n) is 10.9. The summed E-state index contributed by atoms with van der Waals surface area (Å²) in [5, 5.41) is 9.87. The van der Waals surface area contributed by atoms with Gasteiger partial charge in [-0.2, -0.15) is 0 Å². The van der Waals surface area contributed by atoms with Crippen LogP contribution in [-0.2, 0) is 21.3 Å². The van der Waals surface area contributed by atoms with Gasteiger partial charge in [0.15, 0.2) is 0 Å². The van der Waals surface area contributed by atoms with Crippen molar-refractivity contribution in [3.05, 3.63) is 65.7 Å². The number of aromatic hydroxyl groups is 1. The quantitative estimate of drug-likeness (QED) is 0.521. The second kappa shape index (κ2) is 10.2. The Hall–Kier alpha value is -2.18. The Morgan fingerprint density at radius 2 is 1.91 bits per heavy atom. The molecule has 0 radical (unpaired) electrons. The molecule has 1 aliphatic heterocycles. The lowest BCUT2D eigenvalue weighted by molar-refractivity contribution is -0.131. The van der Waals surface area contributed by atoms with E-state index >= 15 is 0 Å². The van der Waals surface area contributed by atoms with E-state index in [-0.39, 0.29) is 30.0 Å². The zero-order valence-corrected chi connectivity index (χ0v) is 19.6. The maximum absolute atomic E-state index is 12.9. The molecule has 0 spiro atoms. The molecule has 2 aromatic carbocycles. The van der Waals surface area contributed by atoms with Gasteiger partial charge in [-0.05, 0) is 47.6 Å². The highest BCUT2D eigenvalue weighted by atomic mass is 31.2. The molecular formula is C24H33N2O5P. The lowest BCUT2D eigenvalue weighted by Crippen LogP contribution is -2.48. The van der Waals surface area contributed by atoms with Gasteiger partial charge in [-0.1, -0.05) is 56.3 Å². The first-order chi connectivity index (χ1) is 15.1. The molecule has 8 heteroatoms. The fourth-order valence-corrected chi connectivity index (χ4v) is 5.17. The number of nitrogens with zero attached hydrogens (tertiary/aromatic N) is 2. The van der Waals surface area contributed by atoms with Gasteiger partial charge in [0.25, 0.3) is 0 Å². The number of hydrogen-bond donors (Lipinski definition) is 3. The fraction of sp³-hybridized carbons (Fsp3) is 0.458. The van der Waals surface area contributed by atoms with Crippen LogP contribution in [0.15, 0.2) is 54.6 Å². The minimum Gasteiger partial charge on any atom is -0.508 e. The zero-order valence-electron chi connectivity index (χ0n) is 18.7. The van der Waals surface area contributed by atoms with Gasteiger partial charge in [0.05, 0.1) is 0 Å². The predicted molar refractivity (Wildman–Crippen MR) is 124 cm³/mol. The van der Waals surface area contributed by atoms with Gasteiger partial charge in [-0.15, -0.1) is 0 Å². The summed E-state index contributed by atoms with van der Waals surface area (Å²) >= 11 is 0. The number of phenols is 1. The van der Waals surface area contributed by atoms with Gasteiger partial charge < -0.3 is 24.7 Å². The highest BCUT2D eigenvalue weighted by Crippen LogP contribution is 2.40. The number of amides is 1. The number of piperidine rings is 1. The van der Waals surface area contributed by atoms with E-state index in [0.717, 1.165) is 30.6 Å². The van der Waals surface area contributed by atoms with E-state index in [1.807, 2.05) is 42.5 Å². The normalized spacial score (nSPS) is 21.9. The maximum atomic E-state index is 12.9. The number of benzene rings is 2. The van der Waals surface area contributed by atoms with Gasteiger partial charge in [0, 0.05) is 26.1 Å². The molecule has 32 heavy (non-hydrogen) atoms. The molecule has 1 heterocycles. The minimum atomic E-state index is -4.36. The molecule has 2 aromatic rings. The molecule has 1 aliphatic rings. The van der Waals surface area contributed by atoms with Crippen LogP contribution in [0.25, 0.3) is 0 Å². The van der Waals surface area contributed by atoms with Crippen LogP contribution < -0.4 is 0 Å². The third-order valence-electron chi connectivity index (χ3n) is 6.64. The zero-order chi connectivity index (χ0) is 23.4. The van der Waals surface area contributed by atoms with Gasteiger partial charge >= 0.3 is 7.60 Å². The van der Waals surface area contributed by atoms with E-state index in [1.165, 1.54) is 4.90 Å². The summed E-state index contributed by atoms with van der Waals surface area (Å²) in [6, 6.07) is 16.7. The predicted octanol–water partition coefficient (Wildman–Crippen LogP) is 3.55. The van der Waals surface area contributed by atoms with Crippen molar-refractivity contribution in [2.75, 3.05) is 25.9 Å². The van der Waals surface area contributed by atoms with Gasteiger partial charge in [-0.3, -0.25) is 9.36 Å². The van der Waals surface area contributed by atoms with E-state index in [0.29, 0.717) is 12.5 Å². The Balaban J connectivity index is 1.60. The van der Waals surface area contributed by atoms with E-state index in [4.69, 9.17) is 0 Å². The Morgan fingerprint density at radius 1 is 1.19 bits per heavy atom. The third kappa shape index (κ3) is 6.42. The first-order valence-corrected chi connectivity index (χ1v) is 12.7. The number of carbonyl (C=O) groups excluding carboxylic acids is 1. The lowest BCUT2D eigenvalue weighted by Gasteiger charge is -2.45. The molecule has 0 saturated carbocycles. The number of phenolic OH excluding ortho intramolecular Hbond substituents is 1. The maximum Gasteiger partial charge on any atom is 0.344 e. The first kappa shape index (κ1) is 24.5. The summed E-state index contributed by atoms with van der Waals surface area (Å²) in [5.41, 5.74) is 1.90. The highest BCUT2D eigenvalue weighted by molar-refractivity contribution is 7.51. The van der Waals surface area contributed by atoms with Gasteiger partial charge in [-0.25, -0.2) is 0 Å². The Labute approximate surface area is 189 Å². The van der Waals surface area contributed by atoms with Gasteiger partial charge in [0.2, 0.25) is 5.91 Å². The van der Waals surface area contributed by atoms with Crippen LogP contribution in [0, 0.1) is 5.92 Å². The number of likely N-dealkylation sites (tertiary alicyclic amines) is 1. The molecule has 0 aliphatic carbocycles. The second-order valence-electron chi connectivity index (χ2n) is 9.05. The van der Waals surface area contributed by atoms with Crippen LogP contribution >= 0.6 is 7.60 Å². The van der Waals surface area contributed by atoms with E-state index < -0.39 is 13.9 Å². The average molecular weight is 461 g/mol. The molecule has 1 amide bonds. The smallest absolute Gasteiger partial charge is 0.344 e. The van der Waals surface area contributed by atoms with E-state index in [9.17, 15) is 24.3 Å². The molecule has 3 N–H and O–H groups in total. The van der Waals surface area contributed by atoms with Crippen molar-refractivity contribution in [1.82, 2.24) is 9.80 Å². The number of carbonyl (C=O) groups is 1. The topological polar surface area (TPSA) is 101 Å². The SMILES string of the molecule is CC1CN(CCC(=O)N(Cc2ccccc2)CP(=O)(O)O)CCC1(C)c1cccc(O)c1. The standard InChI is InChI=1S/C24H33N2O5P/c1-19-16-25(14-12-24(19,2)21-9-6-10-22(27)15-21)13-11-23(28)26(18-32(29,30)31)17-20-7-4-3-5-8-20/h3-10,15,19,27H,11-14,16-18H2,1-2H3,(H2,29,30,31). The highest BCUT2D eigenvalue weighted by Gasteiger charge is 2.38.